The molecule has 1 N–H and O–H groups in total. The van der Waals surface area contributed by atoms with Gasteiger partial charge >= 0.3 is 23.8 Å². The van der Waals surface area contributed by atoms with E-state index in [1.54, 1.807) is 0 Å². The molecule has 12 heteroatoms. The van der Waals surface area contributed by atoms with E-state index in [1.165, 1.54) is 6.92 Å². The Hall–Kier alpha value is -3.15. The molecule has 27 heavy (non-hydrogen) atoms. The third-order valence-electron chi connectivity index (χ3n) is 3.66. The Kier molecular flexibility index (Phi) is 6.34. The number of aromatic nitrogens is 2. The van der Waals surface area contributed by atoms with Crippen molar-refractivity contribution in [2.45, 2.75) is 31.8 Å². The lowest BCUT2D eigenvalue weighted by Gasteiger charge is -2.20. The molecule has 0 bridgehead atoms. The molecule has 1 aliphatic heterocycles. The number of nitrogens with one attached hydrogen (secondary N) is 1. The molecule has 2 rings (SSSR count). The van der Waals surface area contributed by atoms with Gasteiger partial charge in [-0.15, -0.1) is 0 Å². The Labute approximate surface area is 151 Å². The van der Waals surface area contributed by atoms with E-state index in [0.717, 1.165) is 25.0 Å². The predicted molar refractivity (Wildman–Crippen MR) is 85.1 cm³/mol. The van der Waals surface area contributed by atoms with E-state index in [1.807, 2.05) is 4.98 Å². The number of ether oxygens (including phenoxy) is 5. The number of H-pyrrole nitrogens is 1. The summed E-state index contributed by atoms with van der Waals surface area (Å²) < 4.78 is 25.3. The first kappa shape index (κ1) is 20.2. The van der Waals surface area contributed by atoms with Crippen molar-refractivity contribution < 1.29 is 38.1 Å². The predicted octanol–water partition coefficient (Wildman–Crippen LogP) is -0.675. The number of rotatable bonds is 5. The zero-order chi connectivity index (χ0) is 20.1. The van der Waals surface area contributed by atoms with Crippen LogP contribution in [0.3, 0.4) is 0 Å². The summed E-state index contributed by atoms with van der Waals surface area (Å²) in [6, 6.07) is 0. The lowest BCUT2D eigenvalue weighted by molar-refractivity contribution is -0.152. The molecule has 1 aromatic heterocycles. The zero-order valence-electron chi connectivity index (χ0n) is 14.8. The summed E-state index contributed by atoms with van der Waals surface area (Å²) in [7, 11) is 2.21. The molecule has 1 aromatic rings. The molecular formula is C15H18N2O10. The molecule has 0 aromatic carbocycles. The SMILES string of the molecule is COC(=O)OC[C@@H]1C[C@@H](OC(C)=O)[C@H](n2cc(C(=O)OC)c(=O)[nH]c2=O)O1. The van der Waals surface area contributed by atoms with Crippen molar-refractivity contribution in [1.82, 2.24) is 9.55 Å². The highest BCUT2D eigenvalue weighted by molar-refractivity contribution is 5.88. The minimum atomic E-state index is -1.16. The topological polar surface area (TPSA) is 152 Å². The second-order valence-corrected chi connectivity index (χ2v) is 5.50. The molecule has 0 radical (unpaired) electrons. The standard InChI is InChI=1S/C15H18N2O10/c1-7(18)26-10-4-8(6-25-15(22)24-3)27-12(10)17-5-9(13(20)23-2)11(19)16-14(17)21/h5,8,10,12H,4,6H2,1-3H3,(H,16,19,21)/t8-,10+,12+/m0/s1. The molecule has 3 atom stereocenters. The molecule has 12 nitrogen and oxygen atoms in total. The number of esters is 2. The van der Waals surface area contributed by atoms with Gasteiger partial charge in [0.1, 0.15) is 18.3 Å². The molecule has 0 spiro atoms. The summed E-state index contributed by atoms with van der Waals surface area (Å²) in [6.45, 7) is 0.952. The van der Waals surface area contributed by atoms with Crippen LogP contribution in [0.1, 0.15) is 29.9 Å². The Balaban J connectivity index is 2.33. The first-order valence-electron chi connectivity index (χ1n) is 7.74. The second-order valence-electron chi connectivity index (χ2n) is 5.50. The van der Waals surface area contributed by atoms with Crippen LogP contribution < -0.4 is 11.2 Å². The summed E-state index contributed by atoms with van der Waals surface area (Å²) in [4.78, 5) is 60.1. The zero-order valence-corrected chi connectivity index (χ0v) is 14.8. The summed E-state index contributed by atoms with van der Waals surface area (Å²) in [5.74, 6) is -1.59. The van der Waals surface area contributed by atoms with Crippen LogP contribution in [-0.2, 0) is 28.5 Å². The summed E-state index contributed by atoms with van der Waals surface area (Å²) in [5, 5.41) is 0. The van der Waals surface area contributed by atoms with Crippen LogP contribution in [0.2, 0.25) is 0 Å². The molecule has 0 saturated carbocycles. The largest absolute Gasteiger partial charge is 0.508 e. The van der Waals surface area contributed by atoms with E-state index in [2.05, 4.69) is 9.47 Å². The van der Waals surface area contributed by atoms with Crippen LogP contribution in [0.5, 0.6) is 0 Å². The molecule has 1 fully saturated rings. The maximum atomic E-state index is 12.2. The number of carbonyl (C=O) groups excluding carboxylic acids is 3. The maximum absolute atomic E-state index is 12.2. The summed E-state index contributed by atoms with van der Waals surface area (Å²) in [5.41, 5.74) is -2.25. The summed E-state index contributed by atoms with van der Waals surface area (Å²) >= 11 is 0. The smallest absolute Gasteiger partial charge is 0.465 e. The van der Waals surface area contributed by atoms with Crippen molar-refractivity contribution in [3.63, 3.8) is 0 Å². The van der Waals surface area contributed by atoms with Gasteiger partial charge in [0.05, 0.1) is 20.3 Å². The van der Waals surface area contributed by atoms with Crippen molar-refractivity contribution in [2.75, 3.05) is 20.8 Å². The quantitative estimate of drug-likeness (QED) is 0.509. The van der Waals surface area contributed by atoms with Crippen LogP contribution in [-0.4, -0.2) is 60.7 Å². The van der Waals surface area contributed by atoms with Crippen LogP contribution in [0.4, 0.5) is 4.79 Å². The van der Waals surface area contributed by atoms with E-state index in [9.17, 15) is 24.0 Å². The molecule has 2 heterocycles. The lowest BCUT2D eigenvalue weighted by atomic mass is 10.2. The third kappa shape index (κ3) is 4.73. The Morgan fingerprint density at radius 1 is 1.26 bits per heavy atom. The number of nitrogens with zero attached hydrogens (tertiary/aromatic N) is 1. The summed E-state index contributed by atoms with van der Waals surface area (Å²) in [6.07, 6.45) is -2.69. The Morgan fingerprint density at radius 3 is 2.56 bits per heavy atom. The molecule has 148 valence electrons. The fourth-order valence-electron chi connectivity index (χ4n) is 2.54. The van der Waals surface area contributed by atoms with Crippen molar-refractivity contribution >= 4 is 18.1 Å². The van der Waals surface area contributed by atoms with Gasteiger partial charge in [-0.25, -0.2) is 14.4 Å². The Morgan fingerprint density at radius 2 is 1.96 bits per heavy atom. The van der Waals surface area contributed by atoms with E-state index >= 15 is 0 Å². The van der Waals surface area contributed by atoms with Gasteiger partial charge in [0.25, 0.3) is 5.56 Å². The maximum Gasteiger partial charge on any atom is 0.508 e. The first-order valence-corrected chi connectivity index (χ1v) is 7.74. The monoisotopic (exact) mass is 386 g/mol. The molecule has 0 unspecified atom stereocenters. The number of aromatic amines is 1. The van der Waals surface area contributed by atoms with E-state index in [4.69, 9.17) is 14.2 Å². The first-order chi connectivity index (χ1) is 12.8. The normalized spacial score (nSPS) is 21.4. The van der Waals surface area contributed by atoms with Gasteiger partial charge in [-0.2, -0.15) is 0 Å². The number of hydrogen-bond acceptors (Lipinski definition) is 10. The molecule has 0 amide bonds. The van der Waals surface area contributed by atoms with Gasteiger partial charge < -0.3 is 23.7 Å². The van der Waals surface area contributed by atoms with Crippen LogP contribution in [0, 0.1) is 0 Å². The second kappa shape index (κ2) is 8.49. The fourth-order valence-corrected chi connectivity index (χ4v) is 2.54. The molecular weight excluding hydrogens is 368 g/mol. The highest BCUT2D eigenvalue weighted by Gasteiger charge is 2.40. The van der Waals surface area contributed by atoms with E-state index < -0.39 is 53.3 Å². The average Bonchev–Trinajstić information content (AvgIpc) is 3.00. The van der Waals surface area contributed by atoms with Gasteiger partial charge in [0.15, 0.2) is 6.23 Å². The molecule has 1 saturated heterocycles. The average molecular weight is 386 g/mol. The van der Waals surface area contributed by atoms with Crippen molar-refractivity contribution in [3.8, 4) is 0 Å². The van der Waals surface area contributed by atoms with Crippen LogP contribution in [0.15, 0.2) is 15.8 Å². The minimum absolute atomic E-state index is 0.0976. The van der Waals surface area contributed by atoms with Crippen molar-refractivity contribution in [2.24, 2.45) is 0 Å². The van der Waals surface area contributed by atoms with Gasteiger partial charge in [-0.05, 0) is 0 Å². The number of methoxy groups -OCH3 is 2. The van der Waals surface area contributed by atoms with Crippen LogP contribution >= 0.6 is 0 Å². The van der Waals surface area contributed by atoms with Gasteiger partial charge in [0.2, 0.25) is 0 Å². The third-order valence-corrected chi connectivity index (χ3v) is 3.66. The highest BCUT2D eigenvalue weighted by Crippen LogP contribution is 2.30. The van der Waals surface area contributed by atoms with Crippen LogP contribution in [0.25, 0.3) is 0 Å². The number of carbonyl (C=O) groups is 3. The van der Waals surface area contributed by atoms with Gasteiger partial charge in [0, 0.05) is 19.5 Å². The van der Waals surface area contributed by atoms with Gasteiger partial charge in [-0.1, -0.05) is 0 Å². The van der Waals surface area contributed by atoms with Crippen molar-refractivity contribution in [1.29, 1.82) is 0 Å². The van der Waals surface area contributed by atoms with E-state index in [-0.39, 0.29) is 13.0 Å². The minimum Gasteiger partial charge on any atom is -0.465 e. The molecule has 0 aliphatic carbocycles. The highest BCUT2D eigenvalue weighted by atomic mass is 16.7. The molecule has 1 aliphatic rings. The lowest BCUT2D eigenvalue weighted by Crippen LogP contribution is -2.39. The Bertz CT molecular complexity index is 842. The number of hydrogen-bond donors (Lipinski definition) is 1. The fraction of sp³-hybridized carbons (Fsp3) is 0.533. The van der Waals surface area contributed by atoms with E-state index in [0.29, 0.717) is 0 Å². The van der Waals surface area contributed by atoms with Gasteiger partial charge in [-0.3, -0.25) is 19.1 Å². The van der Waals surface area contributed by atoms with Crippen molar-refractivity contribution in [3.05, 3.63) is 32.6 Å².